The zero-order valence-corrected chi connectivity index (χ0v) is 22.6. The van der Waals surface area contributed by atoms with E-state index in [-0.39, 0.29) is 38.1 Å². The van der Waals surface area contributed by atoms with Crippen molar-refractivity contribution in [1.82, 2.24) is 14.2 Å². The molecule has 2 heterocycles. The Kier molecular flexibility index (Phi) is 7.33. The molecule has 0 amide bonds. The van der Waals surface area contributed by atoms with Crippen LogP contribution in [0.25, 0.3) is 0 Å². The number of halogens is 2. The highest BCUT2D eigenvalue weighted by Gasteiger charge is 2.34. The number of nitrogens with one attached hydrogen (secondary N) is 3. The number of fused-ring (bicyclic) bond motifs is 2. The van der Waals surface area contributed by atoms with Crippen molar-refractivity contribution >= 4 is 76.6 Å². The van der Waals surface area contributed by atoms with Crippen molar-refractivity contribution in [2.45, 2.75) is 19.6 Å². The Hall–Kier alpha value is -2.30. The molecule has 4 rings (SSSR count). The molecule has 2 aliphatic heterocycles. The van der Waals surface area contributed by atoms with E-state index in [0.29, 0.717) is 0 Å². The number of rotatable bonds is 7. The SMILES string of the molecule is O=NN1CNS(=O)(=O)c2cc(S(=O)(=O)NCN3CNS(=O)(=O)c4cc(S[N+](=O)[O-])c(Cl)cc43)c(Cl)cc21. The summed E-state index contributed by atoms with van der Waals surface area (Å²) in [5.74, 6) is 0. The number of nitro groups is 1. The minimum Gasteiger partial charge on any atom is -0.343 e. The minimum atomic E-state index is -4.51. The summed E-state index contributed by atoms with van der Waals surface area (Å²) in [6, 6.07) is 3.84. The van der Waals surface area contributed by atoms with Crippen LogP contribution in [-0.2, 0) is 30.1 Å². The highest BCUT2D eigenvalue weighted by Crippen LogP contribution is 2.39. The molecule has 2 aliphatic rings. The second-order valence-corrected chi connectivity index (χ2v) is 14.2. The second kappa shape index (κ2) is 9.78. The van der Waals surface area contributed by atoms with Crippen LogP contribution in [0.2, 0.25) is 10.0 Å². The number of nitroso groups, excluding NO2 is 1. The van der Waals surface area contributed by atoms with Crippen LogP contribution in [0.4, 0.5) is 11.4 Å². The lowest BCUT2D eigenvalue weighted by Gasteiger charge is -2.32. The summed E-state index contributed by atoms with van der Waals surface area (Å²) < 4.78 is 81.5. The Bertz CT molecular complexity index is 1650. The van der Waals surface area contributed by atoms with Gasteiger partial charge < -0.3 is 4.90 Å². The average Bonchev–Trinajstić information content (AvgIpc) is 2.79. The van der Waals surface area contributed by atoms with Crippen LogP contribution in [0.1, 0.15) is 0 Å². The van der Waals surface area contributed by atoms with Gasteiger partial charge in [0.25, 0.3) is 11.9 Å². The summed E-state index contributed by atoms with van der Waals surface area (Å²) in [5, 5.41) is 13.7. The first kappa shape index (κ1) is 27.7. The minimum absolute atomic E-state index is 0.0461. The highest BCUT2D eigenvalue weighted by molar-refractivity contribution is 7.93. The van der Waals surface area contributed by atoms with E-state index in [0.717, 1.165) is 29.3 Å². The molecule has 0 unspecified atom stereocenters. The average molecular weight is 634 g/mol. The van der Waals surface area contributed by atoms with Crippen molar-refractivity contribution in [2.24, 2.45) is 5.29 Å². The molecule has 0 fully saturated rings. The van der Waals surface area contributed by atoms with E-state index in [2.05, 4.69) is 19.5 Å². The third-order valence-electron chi connectivity index (χ3n) is 5.08. The Morgan fingerprint density at radius 3 is 2.24 bits per heavy atom. The van der Waals surface area contributed by atoms with Crippen molar-refractivity contribution in [2.75, 3.05) is 29.9 Å². The molecular weight excluding hydrogens is 621 g/mol. The quantitative estimate of drug-likeness (QED) is 0.168. The molecule has 16 nitrogen and oxygen atoms in total. The van der Waals surface area contributed by atoms with Crippen LogP contribution in [-0.4, -0.2) is 49.6 Å². The number of nitrogens with zero attached hydrogens (tertiary/aromatic N) is 4. The molecule has 0 atom stereocenters. The van der Waals surface area contributed by atoms with E-state index in [9.17, 15) is 40.3 Å². The Labute approximate surface area is 223 Å². The molecule has 2 aromatic rings. The van der Waals surface area contributed by atoms with E-state index < -0.39 is 69.2 Å². The Morgan fingerprint density at radius 2 is 1.62 bits per heavy atom. The third kappa shape index (κ3) is 5.33. The smallest absolute Gasteiger partial charge is 0.267 e. The van der Waals surface area contributed by atoms with Gasteiger partial charge in [0, 0.05) is 0 Å². The maximum absolute atomic E-state index is 13.0. The van der Waals surface area contributed by atoms with Gasteiger partial charge in [0.05, 0.1) is 40.0 Å². The summed E-state index contributed by atoms with van der Waals surface area (Å²) >= 11 is 12.3. The van der Waals surface area contributed by atoms with E-state index in [1.54, 1.807) is 0 Å². The Balaban J connectivity index is 1.67. The zero-order valence-electron chi connectivity index (χ0n) is 17.8. The lowest BCUT2D eigenvalue weighted by Crippen LogP contribution is -2.48. The summed E-state index contributed by atoms with van der Waals surface area (Å²) in [6.45, 7) is -1.42. The van der Waals surface area contributed by atoms with Crippen molar-refractivity contribution in [3.63, 3.8) is 0 Å². The third-order valence-corrected chi connectivity index (χ3v) is 10.9. The molecule has 200 valence electrons. The first-order valence-corrected chi connectivity index (χ1v) is 15.5. The van der Waals surface area contributed by atoms with Crippen LogP contribution in [0, 0.1) is 15.0 Å². The van der Waals surface area contributed by atoms with Crippen molar-refractivity contribution in [1.29, 1.82) is 0 Å². The molecule has 22 heteroatoms. The van der Waals surface area contributed by atoms with E-state index in [4.69, 9.17) is 23.2 Å². The fraction of sp³-hybridized carbons (Fsp3) is 0.200. The van der Waals surface area contributed by atoms with Gasteiger partial charge in [-0.1, -0.05) is 23.2 Å². The molecule has 0 radical (unpaired) electrons. The van der Waals surface area contributed by atoms with E-state index in [1.807, 2.05) is 0 Å². The molecule has 0 aromatic heterocycles. The maximum Gasteiger partial charge on any atom is 0.267 e. The zero-order chi connectivity index (χ0) is 27.3. The number of anilines is 2. The van der Waals surface area contributed by atoms with Gasteiger partial charge in [-0.2, -0.15) is 14.2 Å². The van der Waals surface area contributed by atoms with Gasteiger partial charge in [-0.15, -0.1) is 4.91 Å². The Morgan fingerprint density at radius 1 is 1.03 bits per heavy atom. The molecular formula is C15H13Cl2N7O9S4. The van der Waals surface area contributed by atoms with Crippen molar-refractivity contribution in [3.8, 4) is 0 Å². The fourth-order valence-electron chi connectivity index (χ4n) is 3.37. The first-order valence-electron chi connectivity index (χ1n) is 9.50. The predicted molar refractivity (Wildman–Crippen MR) is 132 cm³/mol. The highest BCUT2D eigenvalue weighted by atomic mass is 35.5. The van der Waals surface area contributed by atoms with Crippen molar-refractivity contribution < 1.29 is 29.6 Å². The molecule has 0 saturated carbocycles. The fourth-order valence-corrected chi connectivity index (χ4v) is 8.17. The van der Waals surface area contributed by atoms with Crippen LogP contribution in [0.15, 0.2) is 49.1 Å². The maximum atomic E-state index is 13.0. The van der Waals surface area contributed by atoms with Crippen LogP contribution in [0.5, 0.6) is 0 Å². The van der Waals surface area contributed by atoms with Gasteiger partial charge in [-0.25, -0.2) is 30.3 Å². The van der Waals surface area contributed by atoms with E-state index in [1.165, 1.54) is 4.90 Å². The summed E-state index contributed by atoms with van der Waals surface area (Å²) in [5.41, 5.74) is -0.273. The number of benzene rings is 2. The van der Waals surface area contributed by atoms with Crippen LogP contribution < -0.4 is 24.1 Å². The van der Waals surface area contributed by atoms with Gasteiger partial charge in [0.2, 0.25) is 30.1 Å². The van der Waals surface area contributed by atoms with Gasteiger partial charge in [0.15, 0.2) is 0 Å². The largest absolute Gasteiger partial charge is 0.343 e. The van der Waals surface area contributed by atoms with Gasteiger partial charge in [-0.3, -0.25) is 10.1 Å². The summed E-state index contributed by atoms with van der Waals surface area (Å²) in [4.78, 5) is 21.4. The standard InChI is InChI=1S/C15H13Cl2N7O9S4/c16-8-1-10-14(3-12(8)34-24(26)27)36(30,31)19-6-22(10)5-18-35(28,29)13-4-15-11(2-9(13)17)23(21-25)7-20-37(15,32)33/h1-4,18-20H,5-7H2. The van der Waals surface area contributed by atoms with Crippen molar-refractivity contribution in [3.05, 3.63) is 49.3 Å². The number of hydrogen-bond acceptors (Lipinski definition) is 12. The molecule has 0 aliphatic carbocycles. The summed E-state index contributed by atoms with van der Waals surface area (Å²) in [6.07, 6.45) is 0. The monoisotopic (exact) mass is 633 g/mol. The lowest BCUT2D eigenvalue weighted by molar-refractivity contribution is -0.284. The molecule has 0 spiro atoms. The van der Waals surface area contributed by atoms with Gasteiger partial charge >= 0.3 is 0 Å². The molecule has 3 N–H and O–H groups in total. The molecule has 37 heavy (non-hydrogen) atoms. The second-order valence-electron chi connectivity index (χ2n) is 7.25. The van der Waals surface area contributed by atoms with E-state index >= 15 is 0 Å². The summed E-state index contributed by atoms with van der Waals surface area (Å²) in [7, 11) is -12.8. The van der Waals surface area contributed by atoms with Gasteiger partial charge in [-0.05, 0) is 24.3 Å². The molecule has 0 bridgehead atoms. The topological polar surface area (TPSA) is 218 Å². The van der Waals surface area contributed by atoms with Crippen LogP contribution in [0.3, 0.4) is 0 Å². The molecule has 0 saturated heterocycles. The predicted octanol–water partition coefficient (Wildman–Crippen LogP) is 1.01. The molecule has 2 aromatic carbocycles. The first-order chi connectivity index (χ1) is 17.2. The lowest BCUT2D eigenvalue weighted by atomic mass is 10.3. The van der Waals surface area contributed by atoms with Gasteiger partial charge in [0.1, 0.15) is 30.6 Å². The number of sulfonamides is 3. The number of hydrogen-bond donors (Lipinski definition) is 3. The van der Waals surface area contributed by atoms with Crippen LogP contribution >= 0.6 is 35.1 Å². The normalized spacial score (nSPS) is 18.1.